The lowest BCUT2D eigenvalue weighted by molar-refractivity contribution is -0.148. The van der Waals surface area contributed by atoms with E-state index in [9.17, 15) is 14.7 Å². The van der Waals surface area contributed by atoms with E-state index in [1.165, 1.54) is 0 Å². The number of rotatable bonds is 2. The first kappa shape index (κ1) is 14.2. The molecule has 0 aromatic carbocycles. The Hall–Kier alpha value is -1.26. The minimum Gasteiger partial charge on any atom is -0.481 e. The van der Waals surface area contributed by atoms with Crippen molar-refractivity contribution in [1.29, 1.82) is 0 Å². The van der Waals surface area contributed by atoms with Crippen molar-refractivity contribution in [1.82, 2.24) is 10.2 Å². The zero-order valence-electron chi connectivity index (χ0n) is 12.0. The second-order valence-electron chi connectivity index (χ2n) is 6.48. The predicted octanol–water partition coefficient (Wildman–Crippen LogP) is 1.93. The molecule has 4 atom stereocenters. The van der Waals surface area contributed by atoms with Crippen molar-refractivity contribution >= 4 is 12.0 Å². The summed E-state index contributed by atoms with van der Waals surface area (Å²) in [6.07, 6.45) is 2.26. The Morgan fingerprint density at radius 3 is 2.37 bits per heavy atom. The molecule has 1 saturated heterocycles. The van der Waals surface area contributed by atoms with E-state index in [0.717, 1.165) is 25.9 Å². The first-order valence-corrected chi connectivity index (χ1v) is 7.13. The molecule has 108 valence electrons. The number of hydrogen-bond acceptors (Lipinski definition) is 2. The molecule has 0 radical (unpaired) electrons. The van der Waals surface area contributed by atoms with Crippen LogP contribution in [0.4, 0.5) is 4.79 Å². The number of carbonyl (C=O) groups excluding carboxylic acids is 1. The normalized spacial score (nSPS) is 38.5. The molecule has 0 aromatic heterocycles. The zero-order chi connectivity index (χ0) is 14.2. The van der Waals surface area contributed by atoms with Crippen LogP contribution in [0.15, 0.2) is 0 Å². The van der Waals surface area contributed by atoms with Crippen molar-refractivity contribution in [3.8, 4) is 0 Å². The van der Waals surface area contributed by atoms with Crippen LogP contribution in [0.2, 0.25) is 0 Å². The average Bonchev–Trinajstić information content (AvgIpc) is 2.86. The number of carbonyl (C=O) groups is 2. The van der Waals surface area contributed by atoms with E-state index in [0.29, 0.717) is 18.3 Å². The van der Waals surface area contributed by atoms with E-state index >= 15 is 0 Å². The van der Waals surface area contributed by atoms with Crippen LogP contribution in [0, 0.1) is 17.3 Å². The van der Waals surface area contributed by atoms with Crippen LogP contribution in [0.25, 0.3) is 0 Å². The SMILES string of the molecule is CC1CN(C(=O)NC2CCCC2(C)C(=O)O)CC1C. The van der Waals surface area contributed by atoms with Gasteiger partial charge in [-0.3, -0.25) is 4.79 Å². The number of nitrogens with zero attached hydrogens (tertiary/aromatic N) is 1. The van der Waals surface area contributed by atoms with E-state index in [2.05, 4.69) is 19.2 Å². The summed E-state index contributed by atoms with van der Waals surface area (Å²) in [7, 11) is 0. The van der Waals surface area contributed by atoms with E-state index in [-0.39, 0.29) is 12.1 Å². The minimum absolute atomic E-state index is 0.101. The van der Waals surface area contributed by atoms with Gasteiger partial charge in [0.25, 0.3) is 0 Å². The maximum absolute atomic E-state index is 12.2. The molecule has 5 nitrogen and oxygen atoms in total. The van der Waals surface area contributed by atoms with Crippen LogP contribution in [0.1, 0.15) is 40.0 Å². The second kappa shape index (κ2) is 5.02. The molecule has 2 fully saturated rings. The Kier molecular flexibility index (Phi) is 3.74. The maximum atomic E-state index is 12.2. The number of carboxylic acids is 1. The fourth-order valence-electron chi connectivity index (χ4n) is 3.19. The summed E-state index contributed by atoms with van der Waals surface area (Å²) in [5.41, 5.74) is -0.813. The topological polar surface area (TPSA) is 69.6 Å². The molecule has 2 rings (SSSR count). The van der Waals surface area contributed by atoms with Crippen molar-refractivity contribution in [2.75, 3.05) is 13.1 Å². The van der Waals surface area contributed by atoms with Crippen molar-refractivity contribution in [2.24, 2.45) is 17.3 Å². The summed E-state index contributed by atoms with van der Waals surface area (Å²) in [4.78, 5) is 25.4. The lowest BCUT2D eigenvalue weighted by Gasteiger charge is -2.29. The number of carboxylic acid groups (broad SMARTS) is 1. The molecule has 5 heteroatoms. The molecule has 0 bridgehead atoms. The molecule has 2 N–H and O–H groups in total. The smallest absolute Gasteiger partial charge is 0.317 e. The lowest BCUT2D eigenvalue weighted by atomic mass is 9.85. The Balaban J connectivity index is 1.98. The first-order valence-electron chi connectivity index (χ1n) is 7.13. The highest BCUT2D eigenvalue weighted by molar-refractivity contribution is 5.79. The first-order chi connectivity index (χ1) is 8.84. The van der Waals surface area contributed by atoms with Crippen LogP contribution >= 0.6 is 0 Å². The van der Waals surface area contributed by atoms with Gasteiger partial charge in [-0.2, -0.15) is 0 Å². The summed E-state index contributed by atoms with van der Waals surface area (Å²) < 4.78 is 0. The van der Waals surface area contributed by atoms with Gasteiger partial charge >= 0.3 is 12.0 Å². The minimum atomic E-state index is -0.813. The maximum Gasteiger partial charge on any atom is 0.317 e. The number of hydrogen-bond donors (Lipinski definition) is 2. The summed E-state index contributed by atoms with van der Waals surface area (Å²) in [5.74, 6) is 0.221. The molecular formula is C14H24N2O3. The largest absolute Gasteiger partial charge is 0.481 e. The Morgan fingerprint density at radius 1 is 1.26 bits per heavy atom. The monoisotopic (exact) mass is 268 g/mol. The zero-order valence-corrected chi connectivity index (χ0v) is 12.0. The fourth-order valence-corrected chi connectivity index (χ4v) is 3.19. The Morgan fingerprint density at radius 2 is 1.84 bits per heavy atom. The molecule has 2 amide bonds. The third kappa shape index (κ3) is 2.55. The molecular weight excluding hydrogens is 244 g/mol. The molecule has 1 saturated carbocycles. The molecule has 0 spiro atoms. The van der Waals surface area contributed by atoms with Crippen LogP contribution in [0.3, 0.4) is 0 Å². The number of aliphatic carboxylic acids is 1. The van der Waals surface area contributed by atoms with Crippen molar-refractivity contribution < 1.29 is 14.7 Å². The third-order valence-corrected chi connectivity index (χ3v) is 5.02. The number of urea groups is 1. The highest BCUT2D eigenvalue weighted by atomic mass is 16.4. The van der Waals surface area contributed by atoms with E-state index in [1.54, 1.807) is 6.92 Å². The van der Waals surface area contributed by atoms with Gasteiger partial charge in [-0.05, 0) is 31.6 Å². The van der Waals surface area contributed by atoms with E-state index < -0.39 is 11.4 Å². The van der Waals surface area contributed by atoms with Gasteiger partial charge in [-0.15, -0.1) is 0 Å². The van der Waals surface area contributed by atoms with Gasteiger partial charge in [0.05, 0.1) is 5.41 Å². The highest BCUT2D eigenvalue weighted by Crippen LogP contribution is 2.38. The van der Waals surface area contributed by atoms with Gasteiger partial charge in [0.2, 0.25) is 0 Å². The number of nitrogens with one attached hydrogen (secondary N) is 1. The van der Waals surface area contributed by atoms with Gasteiger partial charge in [-0.25, -0.2) is 4.79 Å². The summed E-state index contributed by atoms with van der Waals surface area (Å²) in [6.45, 7) is 7.57. The van der Waals surface area contributed by atoms with Crippen molar-refractivity contribution in [3.05, 3.63) is 0 Å². The Bertz CT molecular complexity index is 375. The summed E-state index contributed by atoms with van der Waals surface area (Å²) >= 11 is 0. The second-order valence-corrected chi connectivity index (χ2v) is 6.48. The molecule has 1 heterocycles. The number of amides is 2. The summed E-state index contributed by atoms with van der Waals surface area (Å²) in [6, 6.07) is -0.348. The Labute approximate surface area is 114 Å². The quantitative estimate of drug-likeness (QED) is 0.804. The lowest BCUT2D eigenvalue weighted by Crippen LogP contribution is -2.51. The predicted molar refractivity (Wildman–Crippen MR) is 71.8 cm³/mol. The number of likely N-dealkylation sites (tertiary alicyclic amines) is 1. The van der Waals surface area contributed by atoms with E-state index in [1.807, 2.05) is 4.90 Å². The van der Waals surface area contributed by atoms with Crippen molar-refractivity contribution in [2.45, 2.75) is 46.1 Å². The van der Waals surface area contributed by atoms with Gasteiger partial charge in [0.15, 0.2) is 0 Å². The van der Waals surface area contributed by atoms with Gasteiger partial charge < -0.3 is 15.3 Å². The molecule has 4 unspecified atom stereocenters. The standard InChI is InChI=1S/C14H24N2O3/c1-9-7-16(8-10(9)2)13(19)15-11-5-4-6-14(11,3)12(17)18/h9-11H,4-8H2,1-3H3,(H,15,19)(H,17,18). The van der Waals surface area contributed by atoms with E-state index in [4.69, 9.17) is 0 Å². The molecule has 19 heavy (non-hydrogen) atoms. The molecule has 1 aliphatic heterocycles. The highest BCUT2D eigenvalue weighted by Gasteiger charge is 2.46. The molecule has 2 aliphatic rings. The summed E-state index contributed by atoms with van der Waals surface area (Å²) in [5, 5.41) is 12.3. The average molecular weight is 268 g/mol. The third-order valence-electron chi connectivity index (χ3n) is 5.02. The van der Waals surface area contributed by atoms with Crippen LogP contribution in [0.5, 0.6) is 0 Å². The molecule has 1 aliphatic carbocycles. The van der Waals surface area contributed by atoms with Crippen molar-refractivity contribution in [3.63, 3.8) is 0 Å². The molecule has 0 aromatic rings. The van der Waals surface area contributed by atoms with Gasteiger partial charge in [0.1, 0.15) is 0 Å². The van der Waals surface area contributed by atoms with Crippen LogP contribution in [-0.2, 0) is 4.79 Å². The van der Waals surface area contributed by atoms with Crippen LogP contribution < -0.4 is 5.32 Å². The van der Waals surface area contributed by atoms with Crippen LogP contribution in [-0.4, -0.2) is 41.1 Å². The fraction of sp³-hybridized carbons (Fsp3) is 0.857. The van der Waals surface area contributed by atoms with Gasteiger partial charge in [-0.1, -0.05) is 20.3 Å². The van der Waals surface area contributed by atoms with Gasteiger partial charge in [0, 0.05) is 19.1 Å².